The first-order chi connectivity index (χ1) is 14.3. The maximum absolute atomic E-state index is 13.3. The molecule has 0 aliphatic carbocycles. The van der Waals surface area contributed by atoms with E-state index in [1.165, 1.54) is 12.1 Å². The van der Waals surface area contributed by atoms with Crippen LogP contribution in [0.15, 0.2) is 59.5 Å². The van der Waals surface area contributed by atoms with E-state index in [4.69, 9.17) is 5.14 Å². The Labute approximate surface area is 179 Å². The van der Waals surface area contributed by atoms with Gasteiger partial charge in [-0.2, -0.15) is 0 Å². The number of nitrogens with zero attached hydrogens (tertiary/aromatic N) is 3. The SMILES string of the molecule is CCN(CC)C(=O)C(c1ccccc1)N1CCN(c2ccc(S(N)(=O)=O)cc2)CC1. The van der Waals surface area contributed by atoms with Gasteiger partial charge in [-0.3, -0.25) is 9.69 Å². The summed E-state index contributed by atoms with van der Waals surface area (Å²) >= 11 is 0. The van der Waals surface area contributed by atoms with Gasteiger partial charge in [0, 0.05) is 45.0 Å². The number of piperazine rings is 1. The molecule has 1 aliphatic heterocycles. The van der Waals surface area contributed by atoms with Crippen molar-refractivity contribution in [1.29, 1.82) is 0 Å². The van der Waals surface area contributed by atoms with Gasteiger partial charge in [0.2, 0.25) is 15.9 Å². The van der Waals surface area contributed by atoms with Gasteiger partial charge in [0.25, 0.3) is 0 Å². The molecule has 1 saturated heterocycles. The lowest BCUT2D eigenvalue weighted by molar-refractivity contribution is -0.137. The van der Waals surface area contributed by atoms with Crippen molar-refractivity contribution < 1.29 is 13.2 Å². The smallest absolute Gasteiger partial charge is 0.244 e. The van der Waals surface area contributed by atoms with Crippen LogP contribution in [0.3, 0.4) is 0 Å². The first-order valence-electron chi connectivity index (χ1n) is 10.3. The van der Waals surface area contributed by atoms with Gasteiger partial charge in [0.05, 0.1) is 4.90 Å². The van der Waals surface area contributed by atoms with Crippen LogP contribution in [0.2, 0.25) is 0 Å². The van der Waals surface area contributed by atoms with Crippen molar-refractivity contribution >= 4 is 21.6 Å². The van der Waals surface area contributed by atoms with E-state index in [1.807, 2.05) is 49.1 Å². The number of rotatable bonds is 7. The Morgan fingerprint density at radius 1 is 0.967 bits per heavy atom. The summed E-state index contributed by atoms with van der Waals surface area (Å²) in [5.74, 6) is 0.136. The Morgan fingerprint density at radius 3 is 2.03 bits per heavy atom. The van der Waals surface area contributed by atoms with Crippen molar-refractivity contribution in [2.75, 3.05) is 44.2 Å². The summed E-state index contributed by atoms with van der Waals surface area (Å²) in [7, 11) is -3.69. The van der Waals surface area contributed by atoms with Crippen LogP contribution < -0.4 is 10.0 Å². The molecule has 1 aliphatic rings. The molecule has 0 saturated carbocycles. The molecule has 1 unspecified atom stereocenters. The number of nitrogens with two attached hydrogens (primary N) is 1. The Hall–Kier alpha value is -2.42. The molecule has 2 aromatic rings. The zero-order chi connectivity index (χ0) is 21.7. The maximum atomic E-state index is 13.3. The number of hydrogen-bond donors (Lipinski definition) is 1. The minimum Gasteiger partial charge on any atom is -0.369 e. The summed E-state index contributed by atoms with van der Waals surface area (Å²) in [6, 6.07) is 16.3. The predicted molar refractivity (Wildman–Crippen MR) is 119 cm³/mol. The number of carbonyl (C=O) groups is 1. The molecule has 1 heterocycles. The second-order valence-electron chi connectivity index (χ2n) is 7.39. The van der Waals surface area contributed by atoms with Crippen LogP contribution in [-0.4, -0.2) is 63.4 Å². The van der Waals surface area contributed by atoms with Crippen LogP contribution in [0.4, 0.5) is 5.69 Å². The highest BCUT2D eigenvalue weighted by Gasteiger charge is 2.32. The number of likely N-dealkylation sites (N-methyl/N-ethyl adjacent to an activating group) is 1. The van der Waals surface area contributed by atoms with E-state index < -0.39 is 10.0 Å². The van der Waals surface area contributed by atoms with Gasteiger partial charge < -0.3 is 9.80 Å². The Morgan fingerprint density at radius 2 is 1.53 bits per heavy atom. The molecule has 3 rings (SSSR count). The van der Waals surface area contributed by atoms with Gasteiger partial charge in [-0.25, -0.2) is 13.6 Å². The van der Waals surface area contributed by atoms with Crippen molar-refractivity contribution in [3.05, 3.63) is 60.2 Å². The van der Waals surface area contributed by atoms with Crippen LogP contribution in [-0.2, 0) is 14.8 Å². The number of anilines is 1. The lowest BCUT2D eigenvalue weighted by Gasteiger charge is -2.41. The summed E-state index contributed by atoms with van der Waals surface area (Å²) < 4.78 is 22.9. The number of benzene rings is 2. The lowest BCUT2D eigenvalue weighted by Crippen LogP contribution is -2.51. The van der Waals surface area contributed by atoms with Gasteiger partial charge >= 0.3 is 0 Å². The highest BCUT2D eigenvalue weighted by atomic mass is 32.2. The Balaban J connectivity index is 1.75. The number of amides is 1. The predicted octanol–water partition coefficient (Wildman–Crippen LogP) is 2.07. The van der Waals surface area contributed by atoms with Crippen LogP contribution >= 0.6 is 0 Å². The minimum atomic E-state index is -3.69. The summed E-state index contributed by atoms with van der Waals surface area (Å²) in [5, 5.41) is 5.18. The molecule has 7 nitrogen and oxygen atoms in total. The summed E-state index contributed by atoms with van der Waals surface area (Å²) in [6.45, 7) is 8.38. The summed E-state index contributed by atoms with van der Waals surface area (Å²) in [5.41, 5.74) is 1.97. The molecule has 2 aromatic carbocycles. The second-order valence-corrected chi connectivity index (χ2v) is 8.95. The van der Waals surface area contributed by atoms with Crippen LogP contribution in [0.5, 0.6) is 0 Å². The van der Waals surface area contributed by atoms with Gasteiger partial charge in [0.15, 0.2) is 0 Å². The zero-order valence-corrected chi connectivity index (χ0v) is 18.4. The zero-order valence-electron chi connectivity index (χ0n) is 17.6. The molecule has 1 fully saturated rings. The molecule has 1 amide bonds. The van der Waals surface area contributed by atoms with E-state index >= 15 is 0 Å². The Bertz CT molecular complexity index is 936. The first-order valence-corrected chi connectivity index (χ1v) is 11.8. The van der Waals surface area contributed by atoms with Crippen molar-refractivity contribution in [2.24, 2.45) is 5.14 Å². The second kappa shape index (κ2) is 9.59. The molecule has 8 heteroatoms. The average Bonchev–Trinajstić information content (AvgIpc) is 2.76. The molecule has 162 valence electrons. The van der Waals surface area contributed by atoms with E-state index in [0.717, 1.165) is 37.4 Å². The van der Waals surface area contributed by atoms with E-state index in [0.29, 0.717) is 13.1 Å². The fraction of sp³-hybridized carbons (Fsp3) is 0.409. The maximum Gasteiger partial charge on any atom is 0.244 e. The molecule has 0 bridgehead atoms. The van der Waals surface area contributed by atoms with Crippen molar-refractivity contribution in [2.45, 2.75) is 24.8 Å². The molecule has 0 radical (unpaired) electrons. The summed E-state index contributed by atoms with van der Waals surface area (Å²) in [4.78, 5) is 19.7. The number of carbonyl (C=O) groups excluding carboxylic acids is 1. The third kappa shape index (κ3) is 5.00. The van der Waals surface area contributed by atoms with Crippen molar-refractivity contribution in [3.63, 3.8) is 0 Å². The fourth-order valence-corrected chi connectivity index (χ4v) is 4.45. The molecule has 30 heavy (non-hydrogen) atoms. The standard InChI is InChI=1S/C22H30N4O3S/c1-3-24(4-2)22(27)21(18-8-6-5-7-9-18)26-16-14-25(15-17-26)19-10-12-20(13-11-19)30(23,28)29/h5-13,21H,3-4,14-17H2,1-2H3,(H2,23,28,29). The van der Waals surface area contributed by atoms with Crippen LogP contribution in [0.1, 0.15) is 25.5 Å². The lowest BCUT2D eigenvalue weighted by atomic mass is 10.0. The van der Waals surface area contributed by atoms with Crippen molar-refractivity contribution in [3.8, 4) is 0 Å². The first kappa shape index (κ1) is 22.3. The van der Waals surface area contributed by atoms with Crippen molar-refractivity contribution in [1.82, 2.24) is 9.80 Å². The fourth-order valence-electron chi connectivity index (χ4n) is 3.94. The molecule has 0 spiro atoms. The largest absolute Gasteiger partial charge is 0.369 e. The van der Waals surface area contributed by atoms with Gasteiger partial charge in [-0.15, -0.1) is 0 Å². The highest BCUT2D eigenvalue weighted by Crippen LogP contribution is 2.26. The van der Waals surface area contributed by atoms with E-state index in [-0.39, 0.29) is 16.8 Å². The van der Waals surface area contributed by atoms with E-state index in [9.17, 15) is 13.2 Å². The topological polar surface area (TPSA) is 86.9 Å². The third-order valence-corrected chi connectivity index (χ3v) is 6.56. The molecular formula is C22H30N4O3S. The van der Waals surface area contributed by atoms with Crippen LogP contribution in [0.25, 0.3) is 0 Å². The quantitative estimate of drug-likeness (QED) is 0.727. The monoisotopic (exact) mass is 430 g/mol. The summed E-state index contributed by atoms with van der Waals surface area (Å²) in [6.07, 6.45) is 0. The van der Waals surface area contributed by atoms with E-state index in [1.54, 1.807) is 12.1 Å². The third-order valence-electron chi connectivity index (χ3n) is 5.63. The molecule has 2 N–H and O–H groups in total. The number of primary sulfonamides is 1. The van der Waals surface area contributed by atoms with E-state index in [2.05, 4.69) is 9.80 Å². The molecule has 0 aromatic heterocycles. The van der Waals surface area contributed by atoms with Gasteiger partial charge in [0.1, 0.15) is 6.04 Å². The average molecular weight is 431 g/mol. The van der Waals surface area contributed by atoms with Crippen LogP contribution in [0, 0.1) is 0 Å². The van der Waals surface area contributed by atoms with Gasteiger partial charge in [-0.05, 0) is 43.7 Å². The molecular weight excluding hydrogens is 400 g/mol. The number of hydrogen-bond acceptors (Lipinski definition) is 5. The normalized spacial score (nSPS) is 16.3. The Kier molecular flexibility index (Phi) is 7.12. The van der Waals surface area contributed by atoms with Gasteiger partial charge in [-0.1, -0.05) is 30.3 Å². The highest BCUT2D eigenvalue weighted by molar-refractivity contribution is 7.89. The number of sulfonamides is 1. The molecule has 1 atom stereocenters. The minimum absolute atomic E-state index is 0.110.